The first-order chi connectivity index (χ1) is 12.4. The lowest BCUT2D eigenvalue weighted by atomic mass is 9.87. The summed E-state index contributed by atoms with van der Waals surface area (Å²) < 4.78 is 11.5. The number of ether oxygens (including phenoxy) is 2. The van der Waals surface area contributed by atoms with E-state index in [-0.39, 0.29) is 41.8 Å². The third kappa shape index (κ3) is 2.50. The molecule has 2 aliphatic rings. The summed E-state index contributed by atoms with van der Waals surface area (Å²) in [5, 5.41) is 29.6. The fourth-order valence-electron chi connectivity index (χ4n) is 3.24. The van der Waals surface area contributed by atoms with E-state index in [1.54, 1.807) is 37.3 Å². The predicted molar refractivity (Wildman–Crippen MR) is 93.9 cm³/mol. The molecule has 3 N–H and O–H groups in total. The van der Waals surface area contributed by atoms with E-state index in [0.29, 0.717) is 16.9 Å². The van der Waals surface area contributed by atoms with Crippen molar-refractivity contribution in [2.45, 2.75) is 18.4 Å². The fraction of sp³-hybridized carbons (Fsp3) is 0.250. The smallest absolute Gasteiger partial charge is 0.181 e. The van der Waals surface area contributed by atoms with Crippen molar-refractivity contribution in [3.05, 3.63) is 53.1 Å². The number of aromatic hydroxyl groups is 2. The lowest BCUT2D eigenvalue weighted by molar-refractivity contribution is 0.0632. The maximum Gasteiger partial charge on any atom is 0.181 e. The maximum absolute atomic E-state index is 13.0. The second-order valence-electron chi connectivity index (χ2n) is 6.74. The normalized spacial score (nSPS) is 23.6. The summed E-state index contributed by atoms with van der Waals surface area (Å²) in [4.78, 5) is 13.0. The van der Waals surface area contributed by atoms with Gasteiger partial charge in [-0.05, 0) is 36.8 Å². The van der Waals surface area contributed by atoms with Crippen LogP contribution >= 0.6 is 0 Å². The summed E-state index contributed by atoms with van der Waals surface area (Å²) in [6.45, 7) is 1.63. The third-order valence-electron chi connectivity index (χ3n) is 4.79. The minimum atomic E-state index is -0.888. The molecule has 2 aliphatic heterocycles. The molecule has 6 nitrogen and oxygen atoms in total. The van der Waals surface area contributed by atoms with Gasteiger partial charge in [-0.2, -0.15) is 0 Å². The van der Waals surface area contributed by atoms with E-state index in [1.807, 2.05) is 0 Å². The van der Waals surface area contributed by atoms with Gasteiger partial charge in [0.1, 0.15) is 40.8 Å². The highest BCUT2D eigenvalue weighted by molar-refractivity contribution is 6.07. The molecule has 0 aliphatic carbocycles. The van der Waals surface area contributed by atoms with Crippen LogP contribution in [0.25, 0.3) is 6.08 Å². The van der Waals surface area contributed by atoms with Crippen molar-refractivity contribution in [1.29, 1.82) is 0 Å². The molecule has 0 radical (unpaired) electrons. The molecule has 26 heavy (non-hydrogen) atoms. The number of phenolic OH excluding ortho intramolecular Hbond substituents is 2. The van der Waals surface area contributed by atoms with E-state index < -0.39 is 11.5 Å². The molecular formula is C20H18O6. The van der Waals surface area contributed by atoms with Crippen molar-refractivity contribution in [1.82, 2.24) is 0 Å². The van der Waals surface area contributed by atoms with Crippen molar-refractivity contribution in [2.75, 3.05) is 13.2 Å². The van der Waals surface area contributed by atoms with Crippen LogP contribution < -0.4 is 9.47 Å². The Morgan fingerprint density at radius 1 is 1.19 bits per heavy atom. The molecule has 0 saturated carbocycles. The van der Waals surface area contributed by atoms with Crippen LogP contribution in [0.1, 0.15) is 34.3 Å². The van der Waals surface area contributed by atoms with Gasteiger partial charge in [0.25, 0.3) is 0 Å². The number of carbonyl (C=O) groups is 1. The van der Waals surface area contributed by atoms with Crippen LogP contribution in [0.5, 0.6) is 23.0 Å². The van der Waals surface area contributed by atoms with E-state index in [4.69, 9.17) is 9.47 Å². The molecule has 2 heterocycles. The second kappa shape index (κ2) is 5.78. The Kier molecular flexibility index (Phi) is 3.66. The largest absolute Gasteiger partial charge is 0.508 e. The average molecular weight is 354 g/mol. The number of aliphatic hydroxyl groups is 1. The first-order valence-corrected chi connectivity index (χ1v) is 8.27. The van der Waals surface area contributed by atoms with Gasteiger partial charge in [-0.15, -0.1) is 0 Å². The highest BCUT2D eigenvalue weighted by atomic mass is 16.5. The molecule has 6 heteroatoms. The number of carbonyl (C=O) groups excluding carboxylic acids is 1. The molecule has 0 saturated heterocycles. The van der Waals surface area contributed by atoms with Gasteiger partial charge in [0.05, 0.1) is 18.1 Å². The molecule has 4 rings (SSSR count). The van der Waals surface area contributed by atoms with Crippen LogP contribution in [0, 0.1) is 0 Å². The Hall–Kier alpha value is -2.99. The van der Waals surface area contributed by atoms with Crippen molar-refractivity contribution in [3.8, 4) is 23.0 Å². The second-order valence-corrected chi connectivity index (χ2v) is 6.74. The summed E-state index contributed by atoms with van der Waals surface area (Å²) >= 11 is 0. The Bertz CT molecular complexity index is 915. The molecule has 0 fully saturated rings. The number of Topliss-reactive ketones (excluding diaryl/α,β-unsaturated/α-hetero) is 1. The number of benzene rings is 2. The molecule has 0 amide bonds. The van der Waals surface area contributed by atoms with Crippen LogP contribution in [-0.2, 0) is 0 Å². The van der Waals surface area contributed by atoms with Gasteiger partial charge in [-0.3, -0.25) is 4.79 Å². The quantitative estimate of drug-likeness (QED) is 0.767. The topological polar surface area (TPSA) is 96.2 Å². The lowest BCUT2D eigenvalue weighted by Crippen LogP contribution is -2.36. The zero-order valence-corrected chi connectivity index (χ0v) is 14.1. The van der Waals surface area contributed by atoms with Crippen LogP contribution in [0.2, 0.25) is 0 Å². The van der Waals surface area contributed by atoms with E-state index in [9.17, 15) is 20.1 Å². The van der Waals surface area contributed by atoms with Gasteiger partial charge in [0.15, 0.2) is 5.78 Å². The molecule has 2 aromatic carbocycles. The van der Waals surface area contributed by atoms with Crippen molar-refractivity contribution in [2.24, 2.45) is 0 Å². The Morgan fingerprint density at radius 3 is 2.62 bits per heavy atom. The van der Waals surface area contributed by atoms with Crippen LogP contribution in [0.15, 0.2) is 36.4 Å². The monoisotopic (exact) mass is 354 g/mol. The van der Waals surface area contributed by atoms with Crippen LogP contribution in [0.3, 0.4) is 0 Å². The van der Waals surface area contributed by atoms with Gasteiger partial charge >= 0.3 is 0 Å². The fourth-order valence-corrected chi connectivity index (χ4v) is 3.24. The standard InChI is InChI=1S/C20H18O6/c1-20(10-21)7-6-13-15(26-20)8-16-17(18(13)23)19(24)14(9-25-16)11-2-4-12(22)5-3-11/h2-8,14,21-23H,9-10H2,1H3. The van der Waals surface area contributed by atoms with Crippen molar-refractivity contribution >= 4 is 11.9 Å². The predicted octanol–water partition coefficient (Wildman–Crippen LogP) is 2.61. The summed E-state index contributed by atoms with van der Waals surface area (Å²) in [6, 6.07) is 7.93. The average Bonchev–Trinajstić information content (AvgIpc) is 2.63. The molecule has 2 atom stereocenters. The van der Waals surface area contributed by atoms with E-state index in [2.05, 4.69) is 0 Å². The van der Waals surface area contributed by atoms with Crippen molar-refractivity contribution < 1.29 is 29.6 Å². The summed E-state index contributed by atoms with van der Waals surface area (Å²) in [6.07, 6.45) is 3.29. The minimum absolute atomic E-state index is 0.115. The zero-order valence-electron chi connectivity index (χ0n) is 14.1. The number of hydrogen-bond donors (Lipinski definition) is 3. The van der Waals surface area contributed by atoms with Crippen molar-refractivity contribution in [3.63, 3.8) is 0 Å². The third-order valence-corrected chi connectivity index (χ3v) is 4.79. The number of aliphatic hydroxyl groups excluding tert-OH is 1. The Morgan fingerprint density at radius 2 is 1.92 bits per heavy atom. The SMILES string of the molecule is CC1(CO)C=Cc2c(cc3c(c2O)C(=O)C(c2ccc(O)cc2)CO3)O1. The van der Waals surface area contributed by atoms with E-state index in [0.717, 1.165) is 0 Å². The van der Waals surface area contributed by atoms with Gasteiger partial charge < -0.3 is 24.8 Å². The van der Waals surface area contributed by atoms with E-state index >= 15 is 0 Å². The molecule has 0 aromatic heterocycles. The Balaban J connectivity index is 1.76. The van der Waals surface area contributed by atoms with Crippen LogP contribution in [0.4, 0.5) is 0 Å². The zero-order chi connectivity index (χ0) is 18.5. The first-order valence-electron chi connectivity index (χ1n) is 8.27. The number of fused-ring (bicyclic) bond motifs is 2. The molecule has 0 bridgehead atoms. The summed E-state index contributed by atoms with van der Waals surface area (Å²) in [7, 11) is 0. The molecule has 2 unspecified atom stereocenters. The van der Waals surface area contributed by atoms with E-state index in [1.165, 1.54) is 12.1 Å². The number of phenols is 2. The molecule has 2 aromatic rings. The van der Waals surface area contributed by atoms with Gasteiger partial charge in [0.2, 0.25) is 0 Å². The maximum atomic E-state index is 13.0. The minimum Gasteiger partial charge on any atom is -0.508 e. The number of hydrogen-bond acceptors (Lipinski definition) is 6. The molecule has 0 spiro atoms. The molecular weight excluding hydrogens is 336 g/mol. The molecule has 134 valence electrons. The number of rotatable bonds is 2. The first kappa shape index (κ1) is 16.5. The summed E-state index contributed by atoms with van der Waals surface area (Å²) in [5.74, 6) is -0.274. The lowest BCUT2D eigenvalue weighted by Gasteiger charge is -2.32. The van der Waals surface area contributed by atoms with Gasteiger partial charge in [-0.25, -0.2) is 0 Å². The Labute approximate surface area is 149 Å². The van der Waals surface area contributed by atoms with Crippen LogP contribution in [-0.4, -0.2) is 39.9 Å². The highest BCUT2D eigenvalue weighted by Crippen LogP contribution is 2.46. The summed E-state index contributed by atoms with van der Waals surface area (Å²) in [5.41, 5.74) is 0.322. The van der Waals surface area contributed by atoms with Gasteiger partial charge in [-0.1, -0.05) is 12.1 Å². The van der Waals surface area contributed by atoms with Gasteiger partial charge in [0, 0.05) is 6.07 Å². The highest BCUT2D eigenvalue weighted by Gasteiger charge is 2.37. The number of ketones is 1.